The molecule has 0 saturated carbocycles. The first-order valence-corrected chi connectivity index (χ1v) is 9.68. The zero-order valence-electron chi connectivity index (χ0n) is 17.3. The molecule has 0 saturated heterocycles. The van der Waals surface area contributed by atoms with Crippen LogP contribution in [-0.2, 0) is 10.2 Å². The fourth-order valence-corrected chi connectivity index (χ4v) is 2.99. The topological polar surface area (TPSA) is 91.0 Å². The van der Waals surface area contributed by atoms with Crippen LogP contribution in [0.3, 0.4) is 0 Å². The summed E-state index contributed by atoms with van der Waals surface area (Å²) in [6, 6.07) is 12.9. The van der Waals surface area contributed by atoms with Gasteiger partial charge in [0.05, 0.1) is 16.8 Å². The van der Waals surface area contributed by atoms with Crippen LogP contribution in [-0.4, -0.2) is 26.1 Å². The lowest BCUT2D eigenvalue weighted by Crippen LogP contribution is -2.14. The molecule has 0 fully saturated rings. The van der Waals surface area contributed by atoms with Crippen molar-refractivity contribution in [2.75, 3.05) is 0 Å². The maximum atomic E-state index is 13.1. The second kappa shape index (κ2) is 7.67. The summed E-state index contributed by atoms with van der Waals surface area (Å²) in [7, 11) is 0. The number of carbonyl (C=O) groups excluding carboxylic acids is 1. The maximum absolute atomic E-state index is 13.1. The second-order valence-electron chi connectivity index (χ2n) is 8.07. The predicted octanol–water partition coefficient (Wildman–Crippen LogP) is 4.90. The molecule has 7 heteroatoms. The summed E-state index contributed by atoms with van der Waals surface area (Å²) in [6.07, 6.45) is 2.72. The number of esters is 1. The Kier molecular flexibility index (Phi) is 5.03. The molecule has 0 N–H and O–H groups in total. The molecule has 1 atom stereocenters. The van der Waals surface area contributed by atoms with E-state index < -0.39 is 12.1 Å². The van der Waals surface area contributed by atoms with Gasteiger partial charge in [0.1, 0.15) is 0 Å². The van der Waals surface area contributed by atoms with E-state index in [1.165, 1.54) is 0 Å². The highest BCUT2D eigenvalue weighted by Gasteiger charge is 2.26. The molecule has 152 valence electrons. The van der Waals surface area contributed by atoms with Gasteiger partial charge in [0.15, 0.2) is 11.9 Å². The molecule has 30 heavy (non-hydrogen) atoms. The van der Waals surface area contributed by atoms with Gasteiger partial charge in [-0.05, 0) is 31.2 Å². The molecule has 0 amide bonds. The third-order valence-electron chi connectivity index (χ3n) is 4.64. The van der Waals surface area contributed by atoms with Crippen LogP contribution >= 0.6 is 0 Å². The van der Waals surface area contributed by atoms with E-state index in [1.54, 1.807) is 25.4 Å². The van der Waals surface area contributed by atoms with E-state index in [4.69, 9.17) is 9.26 Å². The van der Waals surface area contributed by atoms with Crippen LogP contribution in [0.1, 0.15) is 55.9 Å². The van der Waals surface area contributed by atoms with Gasteiger partial charge in [-0.1, -0.05) is 44.1 Å². The number of hydrogen-bond donors (Lipinski definition) is 0. The lowest BCUT2D eigenvalue weighted by molar-refractivity contribution is 0.0267. The molecule has 1 aromatic carbocycles. The lowest BCUT2D eigenvalue weighted by atomic mass is 9.96. The van der Waals surface area contributed by atoms with Crippen molar-refractivity contribution < 1.29 is 14.1 Å². The molecule has 0 bridgehead atoms. The first-order chi connectivity index (χ1) is 14.3. The van der Waals surface area contributed by atoms with Crippen LogP contribution in [0.5, 0.6) is 0 Å². The van der Waals surface area contributed by atoms with Gasteiger partial charge in [0, 0.05) is 28.8 Å². The molecule has 0 aliphatic carbocycles. The summed E-state index contributed by atoms with van der Waals surface area (Å²) in [5, 5.41) is 4.71. The molecule has 0 unspecified atom stereocenters. The largest absolute Gasteiger partial charge is 0.449 e. The Morgan fingerprint density at radius 1 is 1.10 bits per heavy atom. The minimum atomic E-state index is -0.685. The van der Waals surface area contributed by atoms with Crippen LogP contribution in [0.4, 0.5) is 0 Å². The van der Waals surface area contributed by atoms with Crippen molar-refractivity contribution in [2.45, 2.75) is 39.2 Å². The third kappa shape index (κ3) is 3.91. The molecule has 3 heterocycles. The molecular formula is C23H22N4O3. The van der Waals surface area contributed by atoms with E-state index >= 15 is 0 Å². The van der Waals surface area contributed by atoms with Crippen molar-refractivity contribution in [2.24, 2.45) is 0 Å². The smallest absolute Gasteiger partial charge is 0.339 e. The van der Waals surface area contributed by atoms with Crippen molar-refractivity contribution >= 4 is 16.9 Å². The van der Waals surface area contributed by atoms with Crippen molar-refractivity contribution in [1.82, 2.24) is 20.1 Å². The van der Waals surface area contributed by atoms with E-state index in [-0.39, 0.29) is 11.3 Å². The molecule has 0 aliphatic rings. The summed E-state index contributed by atoms with van der Waals surface area (Å²) in [5.41, 5.74) is 2.32. The van der Waals surface area contributed by atoms with Crippen LogP contribution in [0.25, 0.3) is 22.2 Å². The van der Waals surface area contributed by atoms with Gasteiger partial charge < -0.3 is 9.26 Å². The number of para-hydroxylation sites is 1. The van der Waals surface area contributed by atoms with Gasteiger partial charge >= 0.3 is 5.97 Å². The van der Waals surface area contributed by atoms with Crippen molar-refractivity contribution in [1.29, 1.82) is 0 Å². The number of aromatic nitrogens is 4. The van der Waals surface area contributed by atoms with Gasteiger partial charge in [-0.15, -0.1) is 0 Å². The molecular weight excluding hydrogens is 380 g/mol. The van der Waals surface area contributed by atoms with Gasteiger partial charge in [-0.3, -0.25) is 4.98 Å². The van der Waals surface area contributed by atoms with E-state index in [0.717, 1.165) is 5.56 Å². The highest BCUT2D eigenvalue weighted by molar-refractivity contribution is 6.04. The number of hydrogen-bond acceptors (Lipinski definition) is 7. The molecule has 0 spiro atoms. The molecule has 0 radical (unpaired) electrons. The van der Waals surface area contributed by atoms with E-state index in [2.05, 4.69) is 20.1 Å². The zero-order valence-corrected chi connectivity index (χ0v) is 17.3. The minimum absolute atomic E-state index is 0.259. The third-order valence-corrected chi connectivity index (χ3v) is 4.64. The Balaban J connectivity index is 1.68. The lowest BCUT2D eigenvalue weighted by Gasteiger charge is -2.13. The predicted molar refractivity (Wildman–Crippen MR) is 112 cm³/mol. The molecule has 4 aromatic rings. The second-order valence-corrected chi connectivity index (χ2v) is 8.07. The highest BCUT2D eigenvalue weighted by Crippen LogP contribution is 2.27. The zero-order chi connectivity index (χ0) is 21.3. The number of benzene rings is 1. The number of fused-ring (bicyclic) bond motifs is 1. The molecule has 4 rings (SSSR count). The van der Waals surface area contributed by atoms with Crippen molar-refractivity contribution in [3.05, 3.63) is 72.1 Å². The molecule has 7 nitrogen and oxygen atoms in total. The number of nitrogens with zero attached hydrogens (tertiary/aromatic N) is 4. The first-order valence-electron chi connectivity index (χ1n) is 9.68. The summed E-state index contributed by atoms with van der Waals surface area (Å²) >= 11 is 0. The van der Waals surface area contributed by atoms with E-state index in [1.807, 2.05) is 57.2 Å². The number of carbonyl (C=O) groups is 1. The van der Waals surface area contributed by atoms with Gasteiger partial charge in [-0.25, -0.2) is 9.78 Å². The Labute approximate surface area is 174 Å². The van der Waals surface area contributed by atoms with Gasteiger partial charge in [-0.2, -0.15) is 4.98 Å². The number of ether oxygens (including phenoxy) is 1. The van der Waals surface area contributed by atoms with Crippen LogP contribution in [0.2, 0.25) is 0 Å². The molecule has 0 aliphatic heterocycles. The quantitative estimate of drug-likeness (QED) is 0.449. The fourth-order valence-electron chi connectivity index (χ4n) is 2.99. The summed E-state index contributed by atoms with van der Waals surface area (Å²) in [4.78, 5) is 26.3. The normalized spacial score (nSPS) is 12.7. The Morgan fingerprint density at radius 2 is 1.90 bits per heavy atom. The summed E-state index contributed by atoms with van der Waals surface area (Å²) in [5.74, 6) is 0.342. The summed E-state index contributed by atoms with van der Waals surface area (Å²) in [6.45, 7) is 7.67. The van der Waals surface area contributed by atoms with Crippen molar-refractivity contribution in [3.63, 3.8) is 0 Å². The fraction of sp³-hybridized carbons (Fsp3) is 0.261. The first kappa shape index (κ1) is 19.7. The Bertz CT molecular complexity index is 1200. The Hall–Kier alpha value is -3.61. The van der Waals surface area contributed by atoms with Crippen LogP contribution < -0.4 is 0 Å². The SMILES string of the molecule is C[C@H](OC(=O)c1cc(-c2cccnc2)nc2ccccc12)c1nc(C(C)(C)C)no1. The van der Waals surface area contributed by atoms with Crippen LogP contribution in [0, 0.1) is 0 Å². The average molecular weight is 402 g/mol. The number of pyridine rings is 2. The highest BCUT2D eigenvalue weighted by atomic mass is 16.6. The van der Waals surface area contributed by atoms with Crippen LogP contribution in [0.15, 0.2) is 59.4 Å². The molecule has 3 aromatic heterocycles. The monoisotopic (exact) mass is 402 g/mol. The maximum Gasteiger partial charge on any atom is 0.339 e. The van der Waals surface area contributed by atoms with Gasteiger partial charge in [0.2, 0.25) is 0 Å². The minimum Gasteiger partial charge on any atom is -0.449 e. The van der Waals surface area contributed by atoms with E-state index in [0.29, 0.717) is 28.0 Å². The van der Waals surface area contributed by atoms with Gasteiger partial charge in [0.25, 0.3) is 5.89 Å². The van der Waals surface area contributed by atoms with E-state index in [9.17, 15) is 4.79 Å². The summed E-state index contributed by atoms with van der Waals surface area (Å²) < 4.78 is 11.0. The standard InChI is InChI=1S/C23H22N4O3/c1-14(20-26-22(27-30-20)23(2,3)4)29-21(28)17-12-19(15-8-7-11-24-13-15)25-18-10-6-5-9-16(17)18/h5-14H,1-4H3/t14-/m0/s1. The number of rotatable bonds is 4. The average Bonchev–Trinajstić information content (AvgIpc) is 3.24. The Morgan fingerprint density at radius 3 is 2.60 bits per heavy atom. The van der Waals surface area contributed by atoms with Crippen molar-refractivity contribution in [3.8, 4) is 11.3 Å².